The number of furan rings is 2. The summed E-state index contributed by atoms with van der Waals surface area (Å²) in [6.45, 7) is 31.4. The van der Waals surface area contributed by atoms with Crippen molar-refractivity contribution in [1.29, 1.82) is 0 Å². The van der Waals surface area contributed by atoms with Gasteiger partial charge in [0.15, 0.2) is 7.28 Å². The van der Waals surface area contributed by atoms with Gasteiger partial charge in [0, 0.05) is 65.9 Å². The lowest BCUT2D eigenvalue weighted by Crippen LogP contribution is -2.38. The number of fused-ring (bicyclic) bond motifs is 17. The number of hydrogen-bond donors (Lipinski definition) is 1. The zero-order chi connectivity index (χ0) is 52.5. The largest absolute Gasteiger partial charge is 0.456 e. The summed E-state index contributed by atoms with van der Waals surface area (Å²) in [7, 11) is 0.746. The first kappa shape index (κ1) is 46.3. The van der Waals surface area contributed by atoms with E-state index in [-0.39, 0.29) is 32.5 Å². The van der Waals surface area contributed by atoms with Gasteiger partial charge in [0.1, 0.15) is 22.3 Å². The minimum Gasteiger partial charge on any atom is -0.456 e. The van der Waals surface area contributed by atoms with Crippen molar-refractivity contribution < 1.29 is 8.83 Å². The van der Waals surface area contributed by atoms with E-state index in [1.54, 1.807) is 0 Å². The van der Waals surface area contributed by atoms with Crippen molar-refractivity contribution in [3.05, 3.63) is 160 Å². The van der Waals surface area contributed by atoms with Gasteiger partial charge in [0.05, 0.1) is 5.52 Å². The van der Waals surface area contributed by atoms with E-state index in [2.05, 4.69) is 221 Å². The van der Waals surface area contributed by atoms with Crippen LogP contribution in [0.3, 0.4) is 0 Å². The van der Waals surface area contributed by atoms with Gasteiger partial charge in [-0.3, -0.25) is 0 Å². The lowest BCUT2D eigenvalue weighted by molar-refractivity contribution is 0.332. The molecular weight excluding hydrogens is 924 g/mol. The van der Waals surface area contributed by atoms with Gasteiger partial charge >= 0.3 is 0 Å². The molecule has 3 aromatic heterocycles. The zero-order valence-electron chi connectivity index (χ0n) is 46.8. The Morgan fingerprint density at radius 3 is 1.76 bits per heavy atom. The number of aromatic nitrogens is 1. The highest BCUT2D eigenvalue weighted by atomic mass is 16.3. The quantitative estimate of drug-likeness (QED) is 0.179. The first-order valence-electron chi connectivity index (χ1n) is 28.2. The Kier molecular flexibility index (Phi) is 8.98. The second-order valence-electron chi connectivity index (χ2n) is 27.9. The van der Waals surface area contributed by atoms with Crippen LogP contribution in [0.2, 0.25) is 0 Å². The van der Waals surface area contributed by atoms with Crippen LogP contribution in [0.4, 0.5) is 11.4 Å². The van der Waals surface area contributed by atoms with Crippen LogP contribution < -0.4 is 16.2 Å². The number of nitrogens with one attached hydrogen (secondary N) is 1. The summed E-state index contributed by atoms with van der Waals surface area (Å²) in [5.41, 5.74) is 27.3. The molecule has 0 fully saturated rings. The fourth-order valence-corrected chi connectivity index (χ4v) is 15.1. The number of hydrogen-bond acceptors (Lipinski definition) is 3. The molecule has 1 N–H and O–H groups in total. The first-order valence-corrected chi connectivity index (χ1v) is 28.2. The van der Waals surface area contributed by atoms with Gasteiger partial charge in [-0.15, -0.1) is 0 Å². The van der Waals surface area contributed by atoms with Crippen LogP contribution in [0.25, 0.3) is 93.6 Å². The van der Waals surface area contributed by atoms with Gasteiger partial charge in [-0.25, -0.2) is 0 Å². The van der Waals surface area contributed by atoms with Crippen molar-refractivity contribution in [3.8, 4) is 27.9 Å². The molecule has 4 heterocycles. The average molecular weight is 993 g/mol. The van der Waals surface area contributed by atoms with Crippen LogP contribution >= 0.6 is 0 Å². The zero-order valence-corrected chi connectivity index (χ0v) is 46.8. The first-order chi connectivity index (χ1) is 36.0. The molecular formula is C71H69BN2O2. The third kappa shape index (κ3) is 6.20. The van der Waals surface area contributed by atoms with Crippen LogP contribution in [0.15, 0.2) is 130 Å². The summed E-state index contributed by atoms with van der Waals surface area (Å²) in [4.78, 5) is 0. The molecule has 0 saturated heterocycles. The van der Waals surface area contributed by atoms with Crippen molar-refractivity contribution in [1.82, 2.24) is 4.57 Å². The maximum atomic E-state index is 7.26. The summed E-state index contributed by atoms with van der Waals surface area (Å²) >= 11 is 0. The van der Waals surface area contributed by atoms with Crippen molar-refractivity contribution >= 4 is 95.3 Å². The molecule has 0 radical (unpaired) electrons. The van der Waals surface area contributed by atoms with E-state index < -0.39 is 0 Å². The lowest BCUT2D eigenvalue weighted by Gasteiger charge is -2.42. The molecule has 0 atom stereocenters. The minimum absolute atomic E-state index is 0.0287. The molecule has 0 spiro atoms. The molecule has 3 aliphatic carbocycles. The summed E-state index contributed by atoms with van der Waals surface area (Å²) in [6.07, 6.45) is 4.62. The number of nitrogens with zero attached hydrogens (tertiary/aromatic N) is 1. The molecule has 0 unspecified atom stereocenters. The molecule has 4 nitrogen and oxygen atoms in total. The van der Waals surface area contributed by atoms with Crippen molar-refractivity contribution in [3.63, 3.8) is 0 Å². The van der Waals surface area contributed by atoms with Gasteiger partial charge in [-0.2, -0.15) is 0 Å². The Labute approximate surface area is 448 Å². The topological polar surface area (TPSA) is 43.2 Å². The van der Waals surface area contributed by atoms with Crippen LogP contribution in [0.5, 0.6) is 0 Å². The highest BCUT2D eigenvalue weighted by Gasteiger charge is 2.45. The van der Waals surface area contributed by atoms with E-state index in [9.17, 15) is 0 Å². The molecule has 0 amide bonds. The maximum absolute atomic E-state index is 7.26. The van der Waals surface area contributed by atoms with E-state index >= 15 is 0 Å². The molecule has 0 bridgehead atoms. The summed E-state index contributed by atoms with van der Waals surface area (Å²) in [6, 6.07) is 46.8. The number of anilines is 2. The normalized spacial score (nSPS) is 18.2. The number of para-hydroxylation sites is 1. The monoisotopic (exact) mass is 993 g/mol. The molecule has 76 heavy (non-hydrogen) atoms. The van der Waals surface area contributed by atoms with Crippen molar-refractivity contribution in [2.45, 2.75) is 148 Å². The number of benzene rings is 8. The van der Waals surface area contributed by atoms with Crippen LogP contribution in [0, 0.1) is 0 Å². The maximum Gasteiger partial charge on any atom is 0.198 e. The van der Waals surface area contributed by atoms with Gasteiger partial charge in [0.2, 0.25) is 0 Å². The predicted octanol–water partition coefficient (Wildman–Crippen LogP) is 18.0. The Hall–Kier alpha value is -6.98. The standard InChI is InChI=1S/C71H69BN2O2/c1-66(2,3)38-22-24-39(25-23-38)73-53-32-43-42-30-48-51(70(10,11)29-27-67(48,4)5)36-58(42)76-57(43)34-45(53)62-63-60(41-19-14-16-20-47(41)71(63,12)13)61-46-31-49-50(69(8,9)28-26-68(49,6)7)35-54(46)74-55-33-44-40-18-15-17-21-56(40)75-59(44)37-52(55)72-64(62)65(61)74/h14-25,30-37,72-73H,26-29H2,1-13H3. The van der Waals surface area contributed by atoms with Crippen LogP contribution in [0.1, 0.15) is 155 Å². The fraction of sp³-hybridized carbons (Fsp3) is 0.324. The van der Waals surface area contributed by atoms with Crippen LogP contribution in [-0.2, 0) is 32.5 Å². The van der Waals surface area contributed by atoms with Gasteiger partial charge in [-0.1, -0.05) is 150 Å². The van der Waals surface area contributed by atoms with Crippen molar-refractivity contribution in [2.75, 3.05) is 5.32 Å². The Morgan fingerprint density at radius 1 is 0.500 bits per heavy atom. The molecule has 1 aliphatic heterocycles. The molecule has 5 heteroatoms. The van der Waals surface area contributed by atoms with E-state index in [0.29, 0.717) is 0 Å². The van der Waals surface area contributed by atoms with E-state index in [4.69, 9.17) is 8.83 Å². The third-order valence-corrected chi connectivity index (χ3v) is 19.8. The van der Waals surface area contributed by atoms with E-state index in [1.165, 1.54) is 99.4 Å². The molecule has 0 saturated carbocycles. The average Bonchev–Trinajstić information content (AvgIpc) is 4.17. The predicted molar refractivity (Wildman–Crippen MR) is 324 cm³/mol. The Balaban J connectivity index is 1.12. The van der Waals surface area contributed by atoms with Crippen LogP contribution in [-0.4, -0.2) is 11.8 Å². The third-order valence-electron chi connectivity index (χ3n) is 19.8. The molecule has 378 valence electrons. The van der Waals surface area contributed by atoms with Gasteiger partial charge < -0.3 is 18.7 Å². The molecule has 11 aromatic rings. The summed E-state index contributed by atoms with van der Waals surface area (Å²) in [5, 5.41) is 11.5. The molecule has 8 aromatic carbocycles. The molecule has 4 aliphatic rings. The van der Waals surface area contributed by atoms with Crippen molar-refractivity contribution in [2.24, 2.45) is 0 Å². The fourth-order valence-electron chi connectivity index (χ4n) is 15.1. The smallest absolute Gasteiger partial charge is 0.198 e. The second-order valence-corrected chi connectivity index (χ2v) is 27.9. The highest BCUT2D eigenvalue weighted by molar-refractivity contribution is 6.74. The van der Waals surface area contributed by atoms with E-state index in [0.717, 1.165) is 88.4 Å². The summed E-state index contributed by atoms with van der Waals surface area (Å²) in [5.74, 6) is 0. The van der Waals surface area contributed by atoms with Gasteiger partial charge in [-0.05, 0) is 181 Å². The second kappa shape index (κ2) is 14.7. The Bertz CT molecular complexity index is 4400. The summed E-state index contributed by atoms with van der Waals surface area (Å²) < 4.78 is 16.7. The Morgan fingerprint density at radius 2 is 1.07 bits per heavy atom. The lowest BCUT2D eigenvalue weighted by atomic mass is 9.57. The van der Waals surface area contributed by atoms with E-state index in [1.807, 2.05) is 0 Å². The SMILES string of the molecule is CC(C)(C)c1ccc(Nc2cc3c(cc2-c2c4c(c5c6cc7c(cc6n6c5c2Bc2cc5oc8ccccc8c5cc2-6)C(C)(C)CCC7(C)C)-c2ccccc2C4(C)C)oc2cc4c(cc23)C(C)(C)CCC4(C)C)cc1. The van der Waals surface area contributed by atoms with Gasteiger partial charge in [0.25, 0.3) is 0 Å². The molecule has 15 rings (SSSR count). The highest BCUT2D eigenvalue weighted by Crippen LogP contribution is 2.59. The number of rotatable bonds is 3. The minimum atomic E-state index is -0.344.